The first-order valence-corrected chi connectivity index (χ1v) is 9.76. The first kappa shape index (κ1) is 18.9. The molecule has 24 heavy (non-hydrogen) atoms. The number of nitrogens with one attached hydrogen (secondary N) is 1. The summed E-state index contributed by atoms with van der Waals surface area (Å²) >= 11 is 3.27. The van der Waals surface area contributed by atoms with Crippen LogP contribution in [0.2, 0.25) is 0 Å². The molecule has 130 valence electrons. The van der Waals surface area contributed by atoms with Crippen molar-refractivity contribution in [3.63, 3.8) is 0 Å². The molecule has 0 unspecified atom stereocenters. The lowest BCUT2D eigenvalue weighted by molar-refractivity contribution is 0.251. The van der Waals surface area contributed by atoms with E-state index >= 15 is 0 Å². The van der Waals surface area contributed by atoms with Crippen molar-refractivity contribution in [3.8, 4) is 0 Å². The van der Waals surface area contributed by atoms with Gasteiger partial charge in [-0.05, 0) is 34.5 Å². The van der Waals surface area contributed by atoms with Gasteiger partial charge >= 0.3 is 0 Å². The number of hydrogen-bond donors (Lipinski definition) is 2. The van der Waals surface area contributed by atoms with Gasteiger partial charge in [-0.25, -0.2) is 13.4 Å². The average molecular weight is 414 g/mol. The molecule has 0 radical (unpaired) electrons. The lowest BCUT2D eigenvalue weighted by atomic mass is 10.2. The van der Waals surface area contributed by atoms with E-state index in [1.54, 1.807) is 6.20 Å². The standard InChI is InChI=1S/C16H20BrN3O3S/c1-2-18-16-15(10-14(17)11-19-16)24(22,23)20(8-9-21)12-13-6-4-3-5-7-13/h3-7,10-11,21H,2,8-9,12H2,1H3,(H,18,19). The number of anilines is 1. The second-order valence-electron chi connectivity index (χ2n) is 5.08. The Balaban J connectivity index is 2.43. The van der Waals surface area contributed by atoms with Gasteiger partial charge in [0.1, 0.15) is 10.7 Å². The third-order valence-corrected chi connectivity index (χ3v) is 5.62. The van der Waals surface area contributed by atoms with Crippen LogP contribution in [0.25, 0.3) is 0 Å². The van der Waals surface area contributed by atoms with Crippen LogP contribution < -0.4 is 5.32 Å². The van der Waals surface area contributed by atoms with Crippen LogP contribution >= 0.6 is 15.9 Å². The van der Waals surface area contributed by atoms with E-state index in [0.29, 0.717) is 16.8 Å². The van der Waals surface area contributed by atoms with Crippen LogP contribution in [-0.4, -0.2) is 42.5 Å². The van der Waals surface area contributed by atoms with Crippen molar-refractivity contribution in [2.24, 2.45) is 0 Å². The minimum absolute atomic E-state index is 0.00923. The summed E-state index contributed by atoms with van der Waals surface area (Å²) in [6.07, 6.45) is 1.55. The number of nitrogens with zero attached hydrogens (tertiary/aromatic N) is 2. The van der Waals surface area contributed by atoms with E-state index in [0.717, 1.165) is 5.56 Å². The highest BCUT2D eigenvalue weighted by Gasteiger charge is 2.28. The SMILES string of the molecule is CCNc1ncc(Br)cc1S(=O)(=O)N(CCO)Cc1ccccc1. The summed E-state index contributed by atoms with van der Waals surface area (Å²) in [6, 6.07) is 10.8. The topological polar surface area (TPSA) is 82.5 Å². The summed E-state index contributed by atoms with van der Waals surface area (Å²) in [5.74, 6) is 0.303. The highest BCUT2D eigenvalue weighted by Crippen LogP contribution is 2.27. The van der Waals surface area contributed by atoms with Crippen LogP contribution in [0.5, 0.6) is 0 Å². The van der Waals surface area contributed by atoms with E-state index in [2.05, 4.69) is 26.2 Å². The third kappa shape index (κ3) is 4.54. The Kier molecular flexibility index (Phi) is 6.73. The van der Waals surface area contributed by atoms with Gasteiger partial charge in [0.2, 0.25) is 10.0 Å². The Morgan fingerprint density at radius 3 is 2.62 bits per heavy atom. The molecule has 6 nitrogen and oxygen atoms in total. The fourth-order valence-corrected chi connectivity index (χ4v) is 4.29. The molecule has 0 aliphatic carbocycles. The third-order valence-electron chi connectivity index (χ3n) is 3.33. The number of aliphatic hydroxyl groups excluding tert-OH is 1. The summed E-state index contributed by atoms with van der Waals surface area (Å²) in [7, 11) is -3.82. The lowest BCUT2D eigenvalue weighted by Gasteiger charge is -2.23. The molecule has 2 N–H and O–H groups in total. The molecule has 0 spiro atoms. The van der Waals surface area contributed by atoms with Crippen molar-refractivity contribution < 1.29 is 13.5 Å². The number of sulfonamides is 1. The van der Waals surface area contributed by atoms with E-state index < -0.39 is 10.0 Å². The molecule has 0 atom stereocenters. The molecule has 2 rings (SSSR count). The van der Waals surface area contributed by atoms with Gasteiger partial charge in [-0.1, -0.05) is 30.3 Å². The Bertz CT molecular complexity index is 769. The zero-order valence-electron chi connectivity index (χ0n) is 13.3. The molecule has 0 bridgehead atoms. The molecular weight excluding hydrogens is 394 g/mol. The highest BCUT2D eigenvalue weighted by atomic mass is 79.9. The van der Waals surface area contributed by atoms with E-state index in [9.17, 15) is 13.5 Å². The van der Waals surface area contributed by atoms with Crippen LogP contribution in [0.3, 0.4) is 0 Å². The summed E-state index contributed by atoms with van der Waals surface area (Å²) in [5.41, 5.74) is 0.850. The van der Waals surface area contributed by atoms with Gasteiger partial charge < -0.3 is 10.4 Å². The fourth-order valence-electron chi connectivity index (χ4n) is 2.24. The van der Waals surface area contributed by atoms with Crippen molar-refractivity contribution in [1.29, 1.82) is 0 Å². The maximum Gasteiger partial charge on any atom is 0.247 e. The molecule has 0 saturated heterocycles. The van der Waals surface area contributed by atoms with Crippen LogP contribution in [0.4, 0.5) is 5.82 Å². The van der Waals surface area contributed by atoms with E-state index in [4.69, 9.17) is 0 Å². The molecule has 0 saturated carbocycles. The largest absolute Gasteiger partial charge is 0.395 e. The quantitative estimate of drug-likeness (QED) is 0.694. The van der Waals surface area contributed by atoms with E-state index in [1.165, 1.54) is 10.4 Å². The van der Waals surface area contributed by atoms with Crippen LogP contribution in [0.1, 0.15) is 12.5 Å². The second kappa shape index (κ2) is 8.57. The number of aliphatic hydroxyl groups is 1. The molecule has 0 aliphatic heterocycles. The first-order valence-electron chi connectivity index (χ1n) is 7.53. The molecule has 2 aromatic rings. The van der Waals surface area contributed by atoms with E-state index in [-0.39, 0.29) is 24.6 Å². The molecule has 0 amide bonds. The number of aromatic nitrogens is 1. The zero-order valence-corrected chi connectivity index (χ0v) is 15.7. The van der Waals surface area contributed by atoms with Gasteiger partial charge in [-0.15, -0.1) is 0 Å². The fraction of sp³-hybridized carbons (Fsp3) is 0.312. The number of pyridine rings is 1. The minimum Gasteiger partial charge on any atom is -0.395 e. The van der Waals surface area contributed by atoms with Gasteiger partial charge in [0, 0.05) is 30.3 Å². The van der Waals surface area contributed by atoms with Crippen LogP contribution in [0.15, 0.2) is 52.0 Å². The first-order chi connectivity index (χ1) is 11.5. The maximum atomic E-state index is 13.1. The minimum atomic E-state index is -3.82. The molecule has 1 heterocycles. The number of halogens is 1. The van der Waals surface area contributed by atoms with Crippen molar-refractivity contribution in [2.45, 2.75) is 18.4 Å². The Labute approximate surface area is 150 Å². The Morgan fingerprint density at radius 2 is 2.00 bits per heavy atom. The van der Waals surface area contributed by atoms with Crippen LogP contribution in [0, 0.1) is 0 Å². The molecule has 1 aromatic carbocycles. The second-order valence-corrected chi connectivity index (χ2v) is 7.90. The molecule has 0 aliphatic rings. The van der Waals surface area contributed by atoms with Crippen molar-refractivity contribution in [1.82, 2.24) is 9.29 Å². The normalized spacial score (nSPS) is 11.7. The van der Waals surface area contributed by atoms with Crippen molar-refractivity contribution in [2.75, 3.05) is 25.0 Å². The van der Waals surface area contributed by atoms with Crippen molar-refractivity contribution in [3.05, 3.63) is 52.6 Å². The summed E-state index contributed by atoms with van der Waals surface area (Å²) < 4.78 is 28.0. The van der Waals surface area contributed by atoms with Crippen molar-refractivity contribution >= 4 is 31.8 Å². The number of benzene rings is 1. The summed E-state index contributed by atoms with van der Waals surface area (Å²) in [6.45, 7) is 2.35. The highest BCUT2D eigenvalue weighted by molar-refractivity contribution is 9.10. The van der Waals surface area contributed by atoms with Gasteiger partial charge in [-0.2, -0.15) is 4.31 Å². The monoisotopic (exact) mass is 413 g/mol. The number of rotatable bonds is 8. The molecule has 8 heteroatoms. The zero-order chi connectivity index (χ0) is 17.6. The van der Waals surface area contributed by atoms with Gasteiger partial charge in [0.05, 0.1) is 6.61 Å². The molecular formula is C16H20BrN3O3S. The van der Waals surface area contributed by atoms with Gasteiger partial charge in [0.25, 0.3) is 0 Å². The smallest absolute Gasteiger partial charge is 0.247 e. The summed E-state index contributed by atoms with van der Waals surface area (Å²) in [4.78, 5) is 4.24. The molecule has 1 aromatic heterocycles. The van der Waals surface area contributed by atoms with Crippen LogP contribution in [-0.2, 0) is 16.6 Å². The lowest BCUT2D eigenvalue weighted by Crippen LogP contribution is -2.33. The Hall–Kier alpha value is -1.48. The molecule has 0 fully saturated rings. The van der Waals surface area contributed by atoms with Gasteiger partial charge in [0.15, 0.2) is 0 Å². The predicted octanol–water partition coefficient (Wildman–Crippen LogP) is 2.46. The Morgan fingerprint density at radius 1 is 1.29 bits per heavy atom. The van der Waals surface area contributed by atoms with Gasteiger partial charge in [-0.3, -0.25) is 0 Å². The maximum absolute atomic E-state index is 13.1. The number of hydrogen-bond acceptors (Lipinski definition) is 5. The summed E-state index contributed by atoms with van der Waals surface area (Å²) in [5, 5.41) is 12.3. The predicted molar refractivity (Wildman–Crippen MR) is 97.2 cm³/mol. The van der Waals surface area contributed by atoms with E-state index in [1.807, 2.05) is 37.3 Å². The average Bonchev–Trinajstić information content (AvgIpc) is 2.57.